The Kier molecular flexibility index (Phi) is 6.87. The third-order valence-electron chi connectivity index (χ3n) is 3.07. The average Bonchev–Trinajstić information content (AvgIpc) is 2.96. The topological polar surface area (TPSA) is 58.5 Å². The molecular formula is C17H24N4OS. The minimum absolute atomic E-state index is 0.587. The number of aromatic nitrogens is 1. The molecule has 6 heteroatoms. The zero-order chi connectivity index (χ0) is 16.5. The summed E-state index contributed by atoms with van der Waals surface area (Å²) >= 11 is 1.68. The van der Waals surface area contributed by atoms with E-state index in [-0.39, 0.29) is 0 Å². The Morgan fingerprint density at radius 3 is 2.65 bits per heavy atom. The van der Waals surface area contributed by atoms with Gasteiger partial charge in [0, 0.05) is 17.6 Å². The smallest absolute Gasteiger partial charge is 0.191 e. The number of guanidine groups is 1. The molecule has 1 aromatic heterocycles. The maximum Gasteiger partial charge on any atom is 0.191 e. The largest absolute Gasteiger partial charge is 0.492 e. The van der Waals surface area contributed by atoms with Gasteiger partial charge in [-0.25, -0.2) is 9.98 Å². The fourth-order valence-corrected chi connectivity index (χ4v) is 2.65. The van der Waals surface area contributed by atoms with Crippen molar-refractivity contribution in [3.8, 4) is 5.75 Å². The van der Waals surface area contributed by atoms with Gasteiger partial charge < -0.3 is 15.4 Å². The van der Waals surface area contributed by atoms with Gasteiger partial charge in [0.25, 0.3) is 0 Å². The first-order chi connectivity index (χ1) is 11.2. The molecular weight excluding hydrogens is 308 g/mol. The summed E-state index contributed by atoms with van der Waals surface area (Å²) in [6, 6.07) is 8.06. The van der Waals surface area contributed by atoms with Gasteiger partial charge in [0.05, 0.1) is 13.1 Å². The molecule has 0 bridgehead atoms. The maximum absolute atomic E-state index is 5.70. The number of nitrogens with one attached hydrogen (secondary N) is 2. The van der Waals surface area contributed by atoms with E-state index in [2.05, 4.69) is 34.5 Å². The Bertz CT molecular complexity index is 622. The summed E-state index contributed by atoms with van der Waals surface area (Å²) in [6.45, 7) is 8.85. The number of thiazole rings is 1. The predicted molar refractivity (Wildman–Crippen MR) is 96.3 cm³/mol. The van der Waals surface area contributed by atoms with Gasteiger partial charge in [0.2, 0.25) is 0 Å². The molecule has 2 N–H and O–H groups in total. The first-order valence-electron chi connectivity index (χ1n) is 7.80. The number of benzene rings is 1. The van der Waals surface area contributed by atoms with Crippen LogP contribution in [0.3, 0.4) is 0 Å². The Morgan fingerprint density at radius 2 is 2.00 bits per heavy atom. The molecule has 0 spiro atoms. The van der Waals surface area contributed by atoms with Crippen LogP contribution in [0.25, 0.3) is 0 Å². The van der Waals surface area contributed by atoms with Crippen molar-refractivity contribution in [2.24, 2.45) is 4.99 Å². The van der Waals surface area contributed by atoms with Gasteiger partial charge in [0.15, 0.2) is 5.96 Å². The first-order valence-corrected chi connectivity index (χ1v) is 8.62. The number of hydrogen-bond donors (Lipinski definition) is 2. The van der Waals surface area contributed by atoms with Crippen LogP contribution >= 0.6 is 11.3 Å². The second-order valence-electron chi connectivity index (χ2n) is 5.15. The lowest BCUT2D eigenvalue weighted by Crippen LogP contribution is -2.39. The summed E-state index contributed by atoms with van der Waals surface area (Å²) in [4.78, 5) is 10.1. The monoisotopic (exact) mass is 332 g/mol. The summed E-state index contributed by atoms with van der Waals surface area (Å²) in [5.41, 5.74) is 1.23. The number of aryl methyl sites for hydroxylation is 2. The second kappa shape index (κ2) is 9.15. The van der Waals surface area contributed by atoms with Crippen molar-refractivity contribution in [2.45, 2.75) is 27.3 Å². The summed E-state index contributed by atoms with van der Waals surface area (Å²) in [7, 11) is 0. The molecule has 0 aliphatic heterocycles. The average molecular weight is 332 g/mol. The molecule has 0 saturated heterocycles. The number of rotatable bonds is 7. The van der Waals surface area contributed by atoms with Gasteiger partial charge in [-0.05, 0) is 32.9 Å². The van der Waals surface area contributed by atoms with E-state index in [0.29, 0.717) is 19.7 Å². The van der Waals surface area contributed by atoms with Crippen LogP contribution in [0.15, 0.2) is 35.5 Å². The van der Waals surface area contributed by atoms with Gasteiger partial charge in [-0.15, -0.1) is 11.3 Å². The lowest BCUT2D eigenvalue weighted by atomic mass is 10.2. The van der Waals surface area contributed by atoms with Crippen LogP contribution in [0, 0.1) is 13.8 Å². The Balaban J connectivity index is 1.76. The van der Waals surface area contributed by atoms with E-state index in [1.165, 1.54) is 10.4 Å². The molecule has 0 aliphatic rings. The fraction of sp³-hybridized carbons (Fsp3) is 0.412. The highest BCUT2D eigenvalue weighted by molar-refractivity contribution is 7.11. The van der Waals surface area contributed by atoms with Crippen LogP contribution in [-0.2, 0) is 6.54 Å². The van der Waals surface area contributed by atoms with E-state index < -0.39 is 0 Å². The molecule has 0 aliphatic carbocycles. The molecule has 5 nitrogen and oxygen atoms in total. The lowest BCUT2D eigenvalue weighted by molar-refractivity contribution is 0.322. The molecule has 0 amide bonds. The van der Waals surface area contributed by atoms with Crippen LogP contribution in [0.1, 0.15) is 22.4 Å². The van der Waals surface area contributed by atoms with Crippen molar-refractivity contribution in [2.75, 3.05) is 19.7 Å². The number of ether oxygens (including phenoxy) is 1. The van der Waals surface area contributed by atoms with Crippen LogP contribution in [0.5, 0.6) is 5.75 Å². The van der Waals surface area contributed by atoms with Crippen molar-refractivity contribution in [3.63, 3.8) is 0 Å². The van der Waals surface area contributed by atoms with Gasteiger partial charge in [-0.3, -0.25) is 0 Å². The van der Waals surface area contributed by atoms with Crippen molar-refractivity contribution >= 4 is 17.3 Å². The second-order valence-corrected chi connectivity index (χ2v) is 6.47. The Labute approximate surface area is 141 Å². The Morgan fingerprint density at radius 1 is 1.22 bits per heavy atom. The van der Waals surface area contributed by atoms with E-state index in [4.69, 9.17) is 4.74 Å². The quantitative estimate of drug-likeness (QED) is 0.465. The molecule has 1 heterocycles. The van der Waals surface area contributed by atoms with Crippen molar-refractivity contribution in [1.29, 1.82) is 0 Å². The third kappa shape index (κ3) is 6.28. The molecule has 0 fully saturated rings. The van der Waals surface area contributed by atoms with Crippen LogP contribution in [0.4, 0.5) is 0 Å². The summed E-state index contributed by atoms with van der Waals surface area (Å²) in [5.74, 6) is 1.67. The van der Waals surface area contributed by atoms with E-state index in [0.717, 1.165) is 23.3 Å². The third-order valence-corrected chi connectivity index (χ3v) is 3.97. The number of nitrogens with zero attached hydrogens (tertiary/aromatic N) is 2. The highest BCUT2D eigenvalue weighted by atomic mass is 32.1. The minimum atomic E-state index is 0.587. The van der Waals surface area contributed by atoms with Crippen LogP contribution in [-0.4, -0.2) is 30.6 Å². The van der Waals surface area contributed by atoms with E-state index in [1.54, 1.807) is 11.3 Å². The van der Waals surface area contributed by atoms with Gasteiger partial charge in [-0.2, -0.15) is 0 Å². The summed E-state index contributed by atoms with van der Waals surface area (Å²) in [6.07, 6.45) is 1.88. The highest BCUT2D eigenvalue weighted by Gasteiger charge is 2.00. The summed E-state index contributed by atoms with van der Waals surface area (Å²) < 4.78 is 5.70. The lowest BCUT2D eigenvalue weighted by Gasteiger charge is -2.12. The molecule has 2 aromatic rings. The number of hydrogen-bond acceptors (Lipinski definition) is 4. The molecule has 0 radical (unpaired) electrons. The highest BCUT2D eigenvalue weighted by Crippen LogP contribution is 2.12. The predicted octanol–water partition coefficient (Wildman–Crippen LogP) is 2.89. The van der Waals surface area contributed by atoms with Crippen molar-refractivity contribution in [1.82, 2.24) is 15.6 Å². The van der Waals surface area contributed by atoms with Crippen molar-refractivity contribution < 1.29 is 4.74 Å². The summed E-state index contributed by atoms with van der Waals surface area (Å²) in [5, 5.41) is 7.52. The zero-order valence-corrected chi connectivity index (χ0v) is 14.7. The van der Waals surface area contributed by atoms with Crippen molar-refractivity contribution in [3.05, 3.63) is 45.9 Å². The molecule has 23 heavy (non-hydrogen) atoms. The SMILES string of the molecule is CCNC(=NCc1ncc(C)s1)NCCOc1ccc(C)cc1. The fourth-order valence-electron chi connectivity index (χ4n) is 1.94. The normalized spacial score (nSPS) is 11.3. The van der Waals surface area contributed by atoms with E-state index in [1.807, 2.05) is 37.4 Å². The standard InChI is InChI=1S/C17H24N4OS/c1-4-18-17(21-12-16-20-11-14(3)23-16)19-9-10-22-15-7-5-13(2)6-8-15/h5-8,11H,4,9-10,12H2,1-3H3,(H2,18,19,21). The number of aliphatic imine (C=N–C) groups is 1. The molecule has 0 saturated carbocycles. The van der Waals surface area contributed by atoms with Crippen LogP contribution < -0.4 is 15.4 Å². The van der Waals surface area contributed by atoms with Gasteiger partial charge in [0.1, 0.15) is 17.4 Å². The van der Waals surface area contributed by atoms with E-state index in [9.17, 15) is 0 Å². The minimum Gasteiger partial charge on any atom is -0.492 e. The van der Waals surface area contributed by atoms with Crippen LogP contribution in [0.2, 0.25) is 0 Å². The zero-order valence-electron chi connectivity index (χ0n) is 13.9. The Hall–Kier alpha value is -2.08. The molecule has 2 rings (SSSR count). The molecule has 0 unspecified atom stereocenters. The van der Waals surface area contributed by atoms with Gasteiger partial charge in [-0.1, -0.05) is 17.7 Å². The van der Waals surface area contributed by atoms with Gasteiger partial charge >= 0.3 is 0 Å². The molecule has 0 atom stereocenters. The molecule has 1 aromatic carbocycles. The van der Waals surface area contributed by atoms with E-state index >= 15 is 0 Å². The first kappa shape index (κ1) is 17.3. The molecule has 124 valence electrons. The maximum atomic E-state index is 5.70.